The normalized spacial score (nSPS) is 10.8. The summed E-state index contributed by atoms with van der Waals surface area (Å²) in [6.07, 6.45) is 8.33. The fourth-order valence-corrected chi connectivity index (χ4v) is 0.515. The second kappa shape index (κ2) is 16.2. The van der Waals surface area contributed by atoms with Crippen LogP contribution in [0.5, 0.6) is 0 Å². The van der Waals surface area contributed by atoms with Gasteiger partial charge in [0.15, 0.2) is 0 Å². The zero-order valence-corrected chi connectivity index (χ0v) is 8.82. The Kier molecular flexibility index (Phi) is 24.8. The molecule has 0 heterocycles. The predicted octanol–water partition coefficient (Wildman–Crippen LogP) is 1.32. The predicted molar refractivity (Wildman–Crippen MR) is 40.4 cm³/mol. The van der Waals surface area contributed by atoms with Gasteiger partial charge in [0.2, 0.25) is 0 Å². The smallest absolute Gasteiger partial charge is 0.106 e. The van der Waals surface area contributed by atoms with Crippen LogP contribution in [0, 0.1) is 6.08 Å². The zero-order valence-electron chi connectivity index (χ0n) is 6.43. The number of carbonyl (C=O) groups is 2. The van der Waals surface area contributed by atoms with Crippen molar-refractivity contribution in [2.45, 2.75) is 13.3 Å². The van der Waals surface area contributed by atoms with Gasteiger partial charge in [-0.2, -0.15) is 6.08 Å². The topological polar surface area (TPSA) is 34.1 Å². The fourth-order valence-electron chi connectivity index (χ4n) is 0.515. The SMILES string of the molecule is C=O.C=O.CC1=[C-]CC=C1.[Ir]. The van der Waals surface area contributed by atoms with Crippen LogP contribution in [0.25, 0.3) is 0 Å². The number of hydrogen-bond acceptors (Lipinski definition) is 2. The van der Waals surface area contributed by atoms with Crippen LogP contribution in [-0.4, -0.2) is 13.6 Å². The van der Waals surface area contributed by atoms with Gasteiger partial charge in [-0.05, 0) is 0 Å². The first-order valence-corrected chi connectivity index (χ1v) is 2.71. The fraction of sp³-hybridized carbons (Fsp3) is 0.250. The third-order valence-electron chi connectivity index (χ3n) is 0.867. The molecule has 0 N–H and O–H groups in total. The van der Waals surface area contributed by atoms with Gasteiger partial charge in [-0.3, -0.25) is 6.08 Å². The third kappa shape index (κ3) is 12.6. The van der Waals surface area contributed by atoms with Gasteiger partial charge in [0.25, 0.3) is 0 Å². The Morgan fingerprint density at radius 2 is 1.82 bits per heavy atom. The Balaban J connectivity index is -0.000000114. The van der Waals surface area contributed by atoms with E-state index in [4.69, 9.17) is 9.59 Å². The van der Waals surface area contributed by atoms with Crippen molar-refractivity contribution < 1.29 is 29.7 Å². The number of hydrogen-bond donors (Lipinski definition) is 0. The summed E-state index contributed by atoms with van der Waals surface area (Å²) in [7, 11) is 0. The molecule has 0 saturated carbocycles. The first-order chi connectivity index (χ1) is 4.89. The first kappa shape index (κ1) is 16.8. The first-order valence-electron chi connectivity index (χ1n) is 2.71. The van der Waals surface area contributed by atoms with Crippen LogP contribution in [-0.2, 0) is 29.7 Å². The van der Waals surface area contributed by atoms with E-state index in [9.17, 15) is 0 Å². The van der Waals surface area contributed by atoms with E-state index in [0.29, 0.717) is 0 Å². The van der Waals surface area contributed by atoms with Crippen molar-refractivity contribution in [3.05, 3.63) is 23.8 Å². The van der Waals surface area contributed by atoms with Crippen LogP contribution in [0.15, 0.2) is 17.7 Å². The van der Waals surface area contributed by atoms with E-state index in [1.165, 1.54) is 5.57 Å². The molecule has 0 unspecified atom stereocenters. The maximum Gasteiger partial charge on any atom is 0.106 e. The molecule has 1 aliphatic rings. The summed E-state index contributed by atoms with van der Waals surface area (Å²) in [6.45, 7) is 6.06. The molecule has 0 saturated heterocycles. The van der Waals surface area contributed by atoms with E-state index in [-0.39, 0.29) is 20.1 Å². The molecule has 1 aliphatic carbocycles. The third-order valence-corrected chi connectivity index (χ3v) is 0.867. The summed E-state index contributed by atoms with van der Waals surface area (Å²) >= 11 is 0. The van der Waals surface area contributed by atoms with Gasteiger partial charge in [-0.1, -0.05) is 6.92 Å². The summed E-state index contributed by atoms with van der Waals surface area (Å²) < 4.78 is 0. The zero-order chi connectivity index (χ0) is 8.41. The quantitative estimate of drug-likeness (QED) is 0.628. The molecule has 2 nitrogen and oxygen atoms in total. The summed E-state index contributed by atoms with van der Waals surface area (Å²) in [4.78, 5) is 16.0. The van der Waals surface area contributed by atoms with Gasteiger partial charge < -0.3 is 9.59 Å². The van der Waals surface area contributed by atoms with Crippen molar-refractivity contribution in [1.82, 2.24) is 0 Å². The minimum Gasteiger partial charge on any atom is -0.307 e. The molecular formula is C8H11IrO2-. The molecule has 0 amide bonds. The average molecular weight is 331 g/mol. The standard InChI is InChI=1S/C6H7.2CH2O.Ir/c1-6-4-2-3-5-6;2*1-2;/h2,4H,3H2,1H3;2*1H2;/q-1;;;. The van der Waals surface area contributed by atoms with Crippen LogP contribution < -0.4 is 0 Å². The van der Waals surface area contributed by atoms with Crippen LogP contribution in [0.2, 0.25) is 0 Å². The van der Waals surface area contributed by atoms with E-state index in [2.05, 4.69) is 25.2 Å². The van der Waals surface area contributed by atoms with E-state index < -0.39 is 0 Å². The molecule has 0 aromatic heterocycles. The van der Waals surface area contributed by atoms with Crippen LogP contribution in [0.4, 0.5) is 0 Å². The summed E-state index contributed by atoms with van der Waals surface area (Å²) in [6, 6.07) is 0. The van der Waals surface area contributed by atoms with E-state index in [0.717, 1.165) is 6.42 Å². The summed E-state index contributed by atoms with van der Waals surface area (Å²) in [5.74, 6) is 0. The molecule has 0 atom stereocenters. The molecule has 0 aliphatic heterocycles. The van der Waals surface area contributed by atoms with Gasteiger partial charge in [0, 0.05) is 20.1 Å². The molecule has 3 heteroatoms. The van der Waals surface area contributed by atoms with Gasteiger partial charge in [-0.15, -0.1) is 6.42 Å². The summed E-state index contributed by atoms with van der Waals surface area (Å²) in [5, 5.41) is 0. The molecule has 0 spiro atoms. The van der Waals surface area contributed by atoms with Gasteiger partial charge in [0.05, 0.1) is 0 Å². The Labute approximate surface area is 80.7 Å². The molecule has 0 bridgehead atoms. The Hall–Kier alpha value is -0.531. The van der Waals surface area contributed by atoms with Crippen molar-refractivity contribution in [3.8, 4) is 0 Å². The van der Waals surface area contributed by atoms with Crippen molar-refractivity contribution in [3.63, 3.8) is 0 Å². The minimum absolute atomic E-state index is 0. The van der Waals surface area contributed by atoms with Gasteiger partial charge >= 0.3 is 0 Å². The molecule has 1 radical (unpaired) electrons. The molecular weight excluding hydrogens is 320 g/mol. The second-order valence-corrected chi connectivity index (χ2v) is 1.47. The number of carbonyl (C=O) groups excluding carboxylic acids is 2. The average Bonchev–Trinajstić information content (AvgIpc) is 2.48. The molecule has 65 valence electrons. The molecule has 11 heavy (non-hydrogen) atoms. The van der Waals surface area contributed by atoms with E-state index in [1.807, 2.05) is 13.6 Å². The maximum absolute atomic E-state index is 8.00. The minimum atomic E-state index is 0. The van der Waals surface area contributed by atoms with Gasteiger partial charge in [-0.25, -0.2) is 11.6 Å². The monoisotopic (exact) mass is 332 g/mol. The second-order valence-electron chi connectivity index (χ2n) is 1.47. The van der Waals surface area contributed by atoms with Crippen LogP contribution in [0.1, 0.15) is 13.3 Å². The van der Waals surface area contributed by atoms with Crippen LogP contribution >= 0.6 is 0 Å². The Bertz CT molecular complexity index is 125. The molecule has 1 rings (SSSR count). The van der Waals surface area contributed by atoms with Crippen molar-refractivity contribution >= 4 is 13.6 Å². The largest absolute Gasteiger partial charge is 0.307 e. The van der Waals surface area contributed by atoms with E-state index >= 15 is 0 Å². The maximum atomic E-state index is 8.00. The van der Waals surface area contributed by atoms with Crippen molar-refractivity contribution in [1.29, 1.82) is 0 Å². The summed E-state index contributed by atoms with van der Waals surface area (Å²) in [5.41, 5.74) is 1.27. The van der Waals surface area contributed by atoms with Crippen molar-refractivity contribution in [2.75, 3.05) is 0 Å². The van der Waals surface area contributed by atoms with E-state index in [1.54, 1.807) is 0 Å². The van der Waals surface area contributed by atoms with Crippen LogP contribution in [0.3, 0.4) is 0 Å². The number of allylic oxidation sites excluding steroid dienone is 4. The molecule has 0 fully saturated rings. The molecule has 0 aromatic carbocycles. The van der Waals surface area contributed by atoms with Gasteiger partial charge in [0.1, 0.15) is 13.6 Å². The number of rotatable bonds is 0. The Morgan fingerprint density at radius 3 is 1.91 bits per heavy atom. The molecule has 0 aromatic rings. The van der Waals surface area contributed by atoms with Crippen molar-refractivity contribution in [2.24, 2.45) is 0 Å². The Morgan fingerprint density at radius 1 is 1.36 bits per heavy atom.